The third-order valence-electron chi connectivity index (χ3n) is 1.81. The Balaban J connectivity index is 4.46. The summed E-state index contributed by atoms with van der Waals surface area (Å²) in [7, 11) is -11.5. The van der Waals surface area contributed by atoms with Crippen molar-refractivity contribution in [2.75, 3.05) is 0 Å². The predicted molar refractivity (Wildman–Crippen MR) is 47.8 cm³/mol. The van der Waals surface area contributed by atoms with E-state index in [0.29, 0.717) is 0 Å². The molecule has 0 saturated heterocycles. The summed E-state index contributed by atoms with van der Waals surface area (Å²) in [4.78, 5) is 32.6. The van der Waals surface area contributed by atoms with Crippen molar-refractivity contribution >= 4 is 15.2 Å². The molecule has 0 aliphatic heterocycles. The van der Waals surface area contributed by atoms with Gasteiger partial charge in [0.25, 0.3) is 0 Å². The third-order valence-corrected chi connectivity index (χ3v) is 3.96. The van der Waals surface area contributed by atoms with Crippen molar-refractivity contribution in [3.05, 3.63) is 0 Å². The lowest BCUT2D eigenvalue weighted by Gasteiger charge is -2.20. The van der Waals surface area contributed by atoms with Gasteiger partial charge in [0.05, 0.1) is 0 Å². The van der Waals surface area contributed by atoms with Crippen LogP contribution >= 0.6 is 15.2 Å². The Morgan fingerprint density at radius 3 is 1.18 bits per heavy atom. The van der Waals surface area contributed by atoms with Crippen molar-refractivity contribution in [1.82, 2.24) is 0 Å². The van der Waals surface area contributed by atoms with Crippen molar-refractivity contribution in [3.63, 3.8) is 0 Å². The van der Waals surface area contributed by atoms with Crippen molar-refractivity contribution in [2.45, 2.75) is 30.6 Å². The second kappa shape index (κ2) is 4.95. The standard InChI is InChI=1S/C5H10F4O6P2/c6-4(7,16(10,11)12)2-1-3-5(8,9)17(13,14)15/h1-3H2,(H2,10,11,12)(H2,13,14,15). The van der Waals surface area contributed by atoms with Gasteiger partial charge >= 0.3 is 26.5 Å². The SMILES string of the molecule is O=P(O)(O)C(F)(F)CCCC(F)(F)P(=O)(O)O. The molecule has 0 atom stereocenters. The summed E-state index contributed by atoms with van der Waals surface area (Å²) in [6.07, 6.45) is -4.32. The fraction of sp³-hybridized carbons (Fsp3) is 1.00. The van der Waals surface area contributed by atoms with Crippen LogP contribution in [0.15, 0.2) is 0 Å². The van der Waals surface area contributed by atoms with Gasteiger partial charge in [0, 0.05) is 12.8 Å². The van der Waals surface area contributed by atoms with Crippen molar-refractivity contribution in [2.24, 2.45) is 0 Å². The first kappa shape index (κ1) is 17.0. The van der Waals surface area contributed by atoms with Crippen LogP contribution in [0.3, 0.4) is 0 Å². The van der Waals surface area contributed by atoms with E-state index in [9.17, 15) is 26.7 Å². The molecule has 0 spiro atoms. The zero-order chi connectivity index (χ0) is 14.1. The van der Waals surface area contributed by atoms with Gasteiger partial charge < -0.3 is 19.6 Å². The molecule has 0 saturated carbocycles. The maximum absolute atomic E-state index is 12.6. The predicted octanol–water partition coefficient (Wildman–Crippen LogP) is 1.70. The molecule has 0 bridgehead atoms. The molecular formula is C5H10F4O6P2. The highest BCUT2D eigenvalue weighted by Gasteiger charge is 2.51. The number of rotatable bonds is 6. The molecule has 0 fully saturated rings. The Morgan fingerprint density at radius 1 is 0.765 bits per heavy atom. The van der Waals surface area contributed by atoms with Crippen LogP contribution in [0.4, 0.5) is 17.6 Å². The summed E-state index contributed by atoms with van der Waals surface area (Å²) >= 11 is 0. The number of hydrogen-bond acceptors (Lipinski definition) is 2. The summed E-state index contributed by atoms with van der Waals surface area (Å²) in [6.45, 7) is 0. The lowest BCUT2D eigenvalue weighted by Crippen LogP contribution is -2.20. The monoisotopic (exact) mass is 304 g/mol. The fourth-order valence-electron chi connectivity index (χ4n) is 0.805. The van der Waals surface area contributed by atoms with E-state index in [0.717, 1.165) is 0 Å². The normalized spacial score (nSPS) is 15.1. The Hall–Kier alpha value is 0.0200. The van der Waals surface area contributed by atoms with E-state index in [-0.39, 0.29) is 0 Å². The fourth-order valence-corrected chi connectivity index (χ4v) is 1.70. The van der Waals surface area contributed by atoms with Crippen LogP contribution in [-0.4, -0.2) is 30.9 Å². The van der Waals surface area contributed by atoms with E-state index < -0.39 is 45.8 Å². The molecule has 17 heavy (non-hydrogen) atoms. The molecule has 0 amide bonds. The largest absolute Gasteiger partial charge is 0.394 e. The van der Waals surface area contributed by atoms with Gasteiger partial charge in [-0.05, 0) is 6.42 Å². The van der Waals surface area contributed by atoms with Crippen LogP contribution in [-0.2, 0) is 9.13 Å². The van der Waals surface area contributed by atoms with Crippen LogP contribution < -0.4 is 0 Å². The van der Waals surface area contributed by atoms with E-state index in [1.807, 2.05) is 0 Å². The molecule has 0 heterocycles. The van der Waals surface area contributed by atoms with E-state index in [4.69, 9.17) is 19.6 Å². The minimum Gasteiger partial charge on any atom is -0.320 e. The van der Waals surface area contributed by atoms with E-state index in [2.05, 4.69) is 0 Å². The number of halogens is 4. The molecule has 4 N–H and O–H groups in total. The first-order valence-electron chi connectivity index (χ1n) is 4.08. The number of alkyl halides is 4. The molecule has 0 rings (SSSR count). The van der Waals surface area contributed by atoms with Gasteiger partial charge in [-0.15, -0.1) is 0 Å². The second-order valence-corrected chi connectivity index (χ2v) is 6.76. The van der Waals surface area contributed by atoms with Crippen LogP contribution in [0.25, 0.3) is 0 Å². The smallest absolute Gasteiger partial charge is 0.320 e. The molecule has 0 aromatic carbocycles. The summed E-state index contributed by atoms with van der Waals surface area (Å²) in [5.41, 5.74) is -8.98. The maximum atomic E-state index is 12.6. The van der Waals surface area contributed by atoms with E-state index in [1.54, 1.807) is 0 Å². The summed E-state index contributed by atoms with van der Waals surface area (Å²) in [5, 5.41) is 0. The van der Waals surface area contributed by atoms with Crippen LogP contribution in [0.1, 0.15) is 19.3 Å². The minimum atomic E-state index is -5.76. The molecule has 0 aromatic heterocycles. The molecule has 0 unspecified atom stereocenters. The van der Waals surface area contributed by atoms with Crippen molar-refractivity contribution in [1.29, 1.82) is 0 Å². The molecular weight excluding hydrogens is 294 g/mol. The maximum Gasteiger partial charge on any atom is 0.394 e. The third kappa shape index (κ3) is 4.65. The van der Waals surface area contributed by atoms with Gasteiger partial charge in [0.2, 0.25) is 0 Å². The van der Waals surface area contributed by atoms with Gasteiger partial charge in [-0.1, -0.05) is 0 Å². The zero-order valence-electron chi connectivity index (χ0n) is 8.13. The molecule has 0 radical (unpaired) electrons. The van der Waals surface area contributed by atoms with Gasteiger partial charge in [-0.3, -0.25) is 9.13 Å². The highest BCUT2D eigenvalue weighted by atomic mass is 31.2. The first-order chi connectivity index (χ1) is 7.21. The Bertz CT molecular complexity index is 325. The summed E-state index contributed by atoms with van der Waals surface area (Å²) in [6, 6.07) is 0. The summed E-state index contributed by atoms with van der Waals surface area (Å²) in [5.74, 6) is 0. The van der Waals surface area contributed by atoms with Gasteiger partial charge in [0.1, 0.15) is 0 Å². The molecule has 0 aliphatic rings. The molecule has 12 heteroatoms. The Labute approximate surface area is 93.0 Å². The zero-order valence-corrected chi connectivity index (χ0v) is 9.92. The highest BCUT2D eigenvalue weighted by Crippen LogP contribution is 2.58. The van der Waals surface area contributed by atoms with Crippen LogP contribution in [0, 0.1) is 0 Å². The van der Waals surface area contributed by atoms with E-state index >= 15 is 0 Å². The average Bonchev–Trinajstić information content (AvgIpc) is 1.98. The molecule has 6 nitrogen and oxygen atoms in total. The first-order valence-corrected chi connectivity index (χ1v) is 7.30. The Morgan fingerprint density at radius 2 is 1.00 bits per heavy atom. The van der Waals surface area contributed by atoms with Gasteiger partial charge in [-0.2, -0.15) is 17.6 Å². The minimum absolute atomic E-state index is 1.14. The van der Waals surface area contributed by atoms with Crippen LogP contribution in [0.5, 0.6) is 0 Å². The Kier molecular flexibility index (Phi) is 4.96. The lowest BCUT2D eigenvalue weighted by atomic mass is 10.2. The van der Waals surface area contributed by atoms with Crippen LogP contribution in [0.2, 0.25) is 0 Å². The summed E-state index contributed by atoms with van der Waals surface area (Å²) < 4.78 is 70.8. The van der Waals surface area contributed by atoms with E-state index in [1.165, 1.54) is 0 Å². The number of hydrogen-bond donors (Lipinski definition) is 4. The average molecular weight is 304 g/mol. The topological polar surface area (TPSA) is 115 Å². The molecule has 104 valence electrons. The van der Waals surface area contributed by atoms with Gasteiger partial charge in [0.15, 0.2) is 0 Å². The quantitative estimate of drug-likeness (QED) is 0.438. The molecule has 0 aromatic rings. The second-order valence-electron chi connectivity index (χ2n) is 3.27. The highest BCUT2D eigenvalue weighted by molar-refractivity contribution is 7.53. The van der Waals surface area contributed by atoms with Crippen molar-refractivity contribution < 1.29 is 46.3 Å². The van der Waals surface area contributed by atoms with Crippen molar-refractivity contribution in [3.8, 4) is 0 Å². The van der Waals surface area contributed by atoms with Gasteiger partial charge in [-0.25, -0.2) is 0 Å². The molecule has 0 aliphatic carbocycles. The lowest BCUT2D eigenvalue weighted by molar-refractivity contribution is 0.0220.